The monoisotopic (exact) mass is 576 g/mol. The van der Waals surface area contributed by atoms with Gasteiger partial charge in [-0.2, -0.15) is 0 Å². The van der Waals surface area contributed by atoms with Crippen LogP contribution in [0, 0.1) is 0 Å². The van der Waals surface area contributed by atoms with Crippen LogP contribution in [0.3, 0.4) is 0 Å². The van der Waals surface area contributed by atoms with Gasteiger partial charge in [0.2, 0.25) is 0 Å². The summed E-state index contributed by atoms with van der Waals surface area (Å²) in [5.74, 6) is -6.10. The van der Waals surface area contributed by atoms with Crippen molar-refractivity contribution in [3.63, 3.8) is 0 Å². The van der Waals surface area contributed by atoms with E-state index in [0.29, 0.717) is 0 Å². The van der Waals surface area contributed by atoms with Gasteiger partial charge in [0.15, 0.2) is 17.5 Å². The highest BCUT2D eigenvalue weighted by molar-refractivity contribution is 5.75. The zero-order valence-electron chi connectivity index (χ0n) is 21.2. The molecule has 0 aliphatic rings. The molecule has 0 spiro atoms. The summed E-state index contributed by atoms with van der Waals surface area (Å²) in [5, 5.41) is 64.0. The van der Waals surface area contributed by atoms with E-state index in [-0.39, 0.29) is 51.4 Å². The maximum atomic E-state index is 10.7. The lowest BCUT2D eigenvalue weighted by atomic mass is 10.1. The van der Waals surface area contributed by atoms with Gasteiger partial charge in [-0.15, -0.1) is 0 Å². The van der Waals surface area contributed by atoms with E-state index in [2.05, 4.69) is 15.0 Å². The first kappa shape index (κ1) is 28.9. The molecule has 1 aromatic heterocycles. The number of carbonyl (C=O) groups excluding carboxylic acids is 3. The number of phenols is 3. The summed E-state index contributed by atoms with van der Waals surface area (Å²) in [6, 6.07) is 11.3. The third kappa shape index (κ3) is 7.09. The lowest BCUT2D eigenvalue weighted by molar-refractivity contribution is -0.308. The fourth-order valence-electron chi connectivity index (χ4n) is 3.54. The van der Waals surface area contributed by atoms with Crippen LogP contribution in [0.2, 0.25) is 0 Å². The number of benzene rings is 3. The van der Waals surface area contributed by atoms with Gasteiger partial charge in [-0.05, 0) is 36.4 Å². The molecule has 15 nitrogen and oxygen atoms in total. The number of aromatic hydroxyl groups is 3. The normalized spacial score (nSPS) is 10.6. The Kier molecular flexibility index (Phi) is 8.51. The van der Waals surface area contributed by atoms with E-state index in [1.807, 2.05) is 0 Å². The predicted molar refractivity (Wildman–Crippen MR) is 133 cm³/mol. The molecule has 3 N–H and O–H groups in total. The van der Waals surface area contributed by atoms with Crippen LogP contribution in [-0.4, -0.2) is 68.0 Å². The standard InChI is InChI=1S/C27H21N3O12/c31-19-7-13(40-10-22(34)35)1-4-16(19)25-28-26(17-5-2-14(8-20(17)32)41-11-23(36)37)30-27(29-25)18-6-3-15(9-21(18)33)42-12-24(38)39/h1-9,31-33H,10-12H2,(H,34,35)(H,36,37)(H,38,39)/p-3. The molecule has 0 amide bonds. The molecule has 0 aliphatic carbocycles. The van der Waals surface area contributed by atoms with Crippen molar-refractivity contribution in [2.75, 3.05) is 19.8 Å². The highest BCUT2D eigenvalue weighted by Crippen LogP contribution is 2.37. The topological polar surface area (TPSA) is 247 Å². The van der Waals surface area contributed by atoms with Crippen molar-refractivity contribution in [1.82, 2.24) is 15.0 Å². The Labute approximate surface area is 235 Å². The highest BCUT2D eigenvalue weighted by atomic mass is 16.5. The molecule has 4 rings (SSSR count). The minimum absolute atomic E-state index is 0.00420. The Bertz CT molecular complexity index is 1470. The van der Waals surface area contributed by atoms with Crippen molar-refractivity contribution in [3.8, 4) is 68.7 Å². The maximum Gasteiger partial charge on any atom is 0.167 e. The Morgan fingerprint density at radius 3 is 1.00 bits per heavy atom. The van der Waals surface area contributed by atoms with Crippen molar-refractivity contribution in [3.05, 3.63) is 54.6 Å². The Morgan fingerprint density at radius 2 is 0.786 bits per heavy atom. The van der Waals surface area contributed by atoms with Crippen molar-refractivity contribution in [2.24, 2.45) is 0 Å². The minimum atomic E-state index is -1.47. The Morgan fingerprint density at radius 1 is 0.524 bits per heavy atom. The third-order valence-electron chi connectivity index (χ3n) is 5.34. The molecule has 3 aromatic carbocycles. The molecule has 0 saturated carbocycles. The lowest BCUT2D eigenvalue weighted by Crippen LogP contribution is -2.28. The first-order valence-corrected chi connectivity index (χ1v) is 11.7. The maximum absolute atomic E-state index is 10.7. The van der Waals surface area contributed by atoms with Crippen LogP contribution >= 0.6 is 0 Å². The number of hydrogen-bond donors (Lipinski definition) is 3. The van der Waals surface area contributed by atoms with Crippen molar-refractivity contribution < 1.29 is 59.2 Å². The summed E-state index contributed by atoms with van der Waals surface area (Å²) in [6.45, 7) is -2.28. The summed E-state index contributed by atoms with van der Waals surface area (Å²) in [7, 11) is 0. The predicted octanol–water partition coefficient (Wildman–Crippen LogP) is -1.62. The summed E-state index contributed by atoms with van der Waals surface area (Å²) in [5.41, 5.74) is 0.0903. The number of hydrogen-bond acceptors (Lipinski definition) is 15. The van der Waals surface area contributed by atoms with Gasteiger partial charge < -0.3 is 59.2 Å². The number of aliphatic carboxylic acids is 3. The van der Waals surface area contributed by atoms with Gasteiger partial charge >= 0.3 is 0 Å². The fourth-order valence-corrected chi connectivity index (χ4v) is 3.54. The molecule has 0 bridgehead atoms. The first-order valence-electron chi connectivity index (χ1n) is 11.7. The van der Waals surface area contributed by atoms with Gasteiger partial charge in [0, 0.05) is 18.2 Å². The second kappa shape index (κ2) is 12.4. The van der Waals surface area contributed by atoms with Crippen molar-refractivity contribution in [2.45, 2.75) is 0 Å². The number of rotatable bonds is 12. The summed E-state index contributed by atoms with van der Waals surface area (Å²) in [6.07, 6.45) is 0. The van der Waals surface area contributed by atoms with Gasteiger partial charge in [0.25, 0.3) is 0 Å². The smallest absolute Gasteiger partial charge is 0.167 e. The Hall–Kier alpha value is -6.12. The van der Waals surface area contributed by atoms with Crippen LogP contribution in [0.15, 0.2) is 54.6 Å². The molecule has 4 aromatic rings. The number of carboxylic acids is 3. The van der Waals surface area contributed by atoms with Crippen LogP contribution in [-0.2, 0) is 14.4 Å². The van der Waals surface area contributed by atoms with Crippen LogP contribution in [0.25, 0.3) is 34.2 Å². The lowest BCUT2D eigenvalue weighted by Gasteiger charge is -2.13. The van der Waals surface area contributed by atoms with Crippen LogP contribution in [0.4, 0.5) is 0 Å². The summed E-state index contributed by atoms with van der Waals surface area (Å²) < 4.78 is 15.0. The molecular weight excluding hydrogens is 558 g/mol. The van der Waals surface area contributed by atoms with Crippen molar-refractivity contribution >= 4 is 17.9 Å². The quantitative estimate of drug-likeness (QED) is 0.171. The van der Waals surface area contributed by atoms with E-state index in [1.54, 1.807) is 0 Å². The zero-order chi connectivity index (χ0) is 30.4. The van der Waals surface area contributed by atoms with Crippen LogP contribution < -0.4 is 29.5 Å². The fraction of sp³-hybridized carbons (Fsp3) is 0.111. The molecule has 0 radical (unpaired) electrons. The van der Waals surface area contributed by atoms with Gasteiger partial charge in [0.1, 0.15) is 54.3 Å². The number of aromatic nitrogens is 3. The van der Waals surface area contributed by atoms with Gasteiger partial charge in [-0.3, -0.25) is 0 Å². The molecule has 0 saturated heterocycles. The Balaban J connectivity index is 1.80. The van der Waals surface area contributed by atoms with Gasteiger partial charge in [0.05, 0.1) is 34.6 Å². The van der Waals surface area contributed by atoms with E-state index in [9.17, 15) is 45.0 Å². The SMILES string of the molecule is O=C([O-])COc1ccc(-c2nc(-c3ccc(OCC(=O)[O-])cc3O)nc(-c3ccc(OCC(=O)[O-])cc3O)n2)c(O)c1. The second-order valence-corrected chi connectivity index (χ2v) is 8.33. The van der Waals surface area contributed by atoms with Crippen LogP contribution in [0.1, 0.15) is 0 Å². The molecule has 0 unspecified atom stereocenters. The molecule has 1 heterocycles. The van der Waals surface area contributed by atoms with E-state index in [0.717, 1.165) is 18.2 Å². The largest absolute Gasteiger partial charge is 0.546 e. The summed E-state index contributed by atoms with van der Waals surface area (Å²) >= 11 is 0. The third-order valence-corrected chi connectivity index (χ3v) is 5.34. The number of carboxylic acid groups (broad SMARTS) is 3. The number of phenolic OH excluding ortho intramolecular Hbond substituents is 3. The molecule has 0 atom stereocenters. The molecule has 0 aliphatic heterocycles. The molecule has 15 heteroatoms. The first-order chi connectivity index (χ1) is 20.0. The average Bonchev–Trinajstić information content (AvgIpc) is 2.93. The molecule has 0 fully saturated rings. The van der Waals surface area contributed by atoms with Crippen molar-refractivity contribution in [1.29, 1.82) is 0 Å². The molecular formula is C27H18N3O12-3. The van der Waals surface area contributed by atoms with E-state index in [4.69, 9.17) is 14.2 Å². The zero-order valence-corrected chi connectivity index (χ0v) is 21.2. The van der Waals surface area contributed by atoms with E-state index < -0.39 is 55.0 Å². The molecule has 42 heavy (non-hydrogen) atoms. The van der Waals surface area contributed by atoms with E-state index in [1.165, 1.54) is 36.4 Å². The number of nitrogens with zero attached hydrogens (tertiary/aromatic N) is 3. The number of ether oxygens (including phenoxy) is 3. The van der Waals surface area contributed by atoms with Gasteiger partial charge in [-0.1, -0.05) is 0 Å². The number of carbonyl (C=O) groups is 3. The van der Waals surface area contributed by atoms with E-state index >= 15 is 0 Å². The highest BCUT2D eigenvalue weighted by Gasteiger charge is 2.19. The van der Waals surface area contributed by atoms with Crippen LogP contribution in [0.5, 0.6) is 34.5 Å². The second-order valence-electron chi connectivity index (χ2n) is 8.33. The summed E-state index contributed by atoms with van der Waals surface area (Å²) in [4.78, 5) is 45.0. The van der Waals surface area contributed by atoms with Gasteiger partial charge in [-0.25, -0.2) is 15.0 Å². The molecule has 216 valence electrons. The average molecular weight is 576 g/mol. The minimum Gasteiger partial charge on any atom is -0.546 e.